The minimum absolute atomic E-state index is 0.413. The Kier molecular flexibility index (Phi) is 3.38. The standard InChI is InChI=1S/C23H17BN2O/c1-23(2,24)16-9-10-25-19(12-16)14-7-8-18-20(11-14)27-22-17-6-4-3-5-15(17)13-26-21(18)22/h3-13H,1-2H3. The molecule has 0 fully saturated rings. The Morgan fingerprint density at radius 1 is 0.926 bits per heavy atom. The van der Waals surface area contributed by atoms with Crippen LogP contribution < -0.4 is 0 Å². The van der Waals surface area contributed by atoms with Crippen molar-refractivity contribution < 1.29 is 4.42 Å². The summed E-state index contributed by atoms with van der Waals surface area (Å²) in [7, 11) is 6.24. The number of nitrogens with zero attached hydrogens (tertiary/aromatic N) is 2. The zero-order valence-corrected chi connectivity index (χ0v) is 15.2. The second kappa shape index (κ2) is 5.68. The lowest BCUT2D eigenvalue weighted by atomic mass is 9.67. The third kappa shape index (κ3) is 2.60. The fourth-order valence-electron chi connectivity index (χ4n) is 3.49. The van der Waals surface area contributed by atoms with Gasteiger partial charge in [-0.15, -0.1) is 0 Å². The number of hydrogen-bond donors (Lipinski definition) is 0. The van der Waals surface area contributed by atoms with Crippen LogP contribution in [0.3, 0.4) is 0 Å². The summed E-state index contributed by atoms with van der Waals surface area (Å²) >= 11 is 0. The van der Waals surface area contributed by atoms with Gasteiger partial charge in [-0.1, -0.05) is 44.2 Å². The largest absolute Gasteiger partial charge is 0.454 e. The molecule has 0 spiro atoms. The third-order valence-electron chi connectivity index (χ3n) is 5.00. The van der Waals surface area contributed by atoms with E-state index < -0.39 is 5.31 Å². The molecule has 0 aliphatic carbocycles. The molecule has 3 nitrogen and oxygen atoms in total. The summed E-state index contributed by atoms with van der Waals surface area (Å²) in [4.78, 5) is 9.14. The number of rotatable bonds is 2. The van der Waals surface area contributed by atoms with Crippen molar-refractivity contribution in [2.45, 2.75) is 19.2 Å². The van der Waals surface area contributed by atoms with E-state index in [1.165, 1.54) is 0 Å². The summed E-state index contributed by atoms with van der Waals surface area (Å²) in [5.41, 5.74) is 5.45. The van der Waals surface area contributed by atoms with E-state index >= 15 is 0 Å². The Balaban J connectivity index is 1.72. The van der Waals surface area contributed by atoms with E-state index in [2.05, 4.69) is 28.2 Å². The van der Waals surface area contributed by atoms with Gasteiger partial charge in [-0.25, -0.2) is 0 Å². The van der Waals surface area contributed by atoms with E-state index in [-0.39, 0.29) is 0 Å². The van der Waals surface area contributed by atoms with Crippen LogP contribution in [-0.2, 0) is 5.31 Å². The third-order valence-corrected chi connectivity index (χ3v) is 5.00. The smallest absolute Gasteiger partial charge is 0.161 e. The summed E-state index contributed by atoms with van der Waals surface area (Å²) in [6, 6.07) is 18.3. The summed E-state index contributed by atoms with van der Waals surface area (Å²) in [5, 5.41) is 2.74. The second-order valence-electron chi connectivity index (χ2n) is 7.49. The fraction of sp³-hybridized carbons (Fsp3) is 0.130. The normalized spacial score (nSPS) is 12.2. The first kappa shape index (κ1) is 16.1. The van der Waals surface area contributed by atoms with Crippen LogP contribution in [0.4, 0.5) is 0 Å². The molecule has 0 aliphatic rings. The highest BCUT2D eigenvalue weighted by Crippen LogP contribution is 2.34. The van der Waals surface area contributed by atoms with Gasteiger partial charge in [0.1, 0.15) is 11.1 Å². The van der Waals surface area contributed by atoms with Gasteiger partial charge in [0, 0.05) is 34.1 Å². The predicted molar refractivity (Wildman–Crippen MR) is 111 cm³/mol. The van der Waals surface area contributed by atoms with Gasteiger partial charge < -0.3 is 4.42 Å². The van der Waals surface area contributed by atoms with E-state index in [9.17, 15) is 0 Å². The summed E-state index contributed by atoms with van der Waals surface area (Å²) in [6.07, 6.45) is 3.70. The monoisotopic (exact) mass is 348 g/mol. The van der Waals surface area contributed by atoms with E-state index in [4.69, 9.17) is 12.3 Å². The van der Waals surface area contributed by atoms with Crippen LogP contribution >= 0.6 is 0 Å². The summed E-state index contributed by atoms with van der Waals surface area (Å²) in [6.45, 7) is 3.98. The van der Waals surface area contributed by atoms with Crippen LogP contribution in [0.5, 0.6) is 0 Å². The topological polar surface area (TPSA) is 38.9 Å². The van der Waals surface area contributed by atoms with Crippen LogP contribution in [-0.4, -0.2) is 17.8 Å². The maximum absolute atomic E-state index is 6.24. The average molecular weight is 348 g/mol. The Labute approximate surface area is 158 Å². The lowest BCUT2D eigenvalue weighted by Crippen LogP contribution is -2.16. The molecule has 3 heterocycles. The van der Waals surface area contributed by atoms with Gasteiger partial charge in [0.2, 0.25) is 0 Å². The molecule has 5 aromatic rings. The molecule has 0 bridgehead atoms. The highest BCUT2D eigenvalue weighted by molar-refractivity contribution is 6.15. The van der Waals surface area contributed by atoms with Crippen LogP contribution in [0.25, 0.3) is 44.1 Å². The van der Waals surface area contributed by atoms with Crippen molar-refractivity contribution >= 4 is 40.7 Å². The zero-order chi connectivity index (χ0) is 18.6. The van der Waals surface area contributed by atoms with Gasteiger partial charge in [0.25, 0.3) is 0 Å². The average Bonchev–Trinajstić information content (AvgIpc) is 3.06. The SMILES string of the molecule is [B]C(C)(C)c1ccnc(-c2ccc3c(c2)oc2c4ccccc4cnc32)c1. The first-order chi connectivity index (χ1) is 13.0. The highest BCUT2D eigenvalue weighted by Gasteiger charge is 2.16. The van der Waals surface area contributed by atoms with Crippen molar-refractivity contribution in [2.24, 2.45) is 0 Å². The van der Waals surface area contributed by atoms with Crippen LogP contribution in [0.2, 0.25) is 0 Å². The molecule has 0 unspecified atom stereocenters. The minimum atomic E-state index is -0.413. The van der Waals surface area contributed by atoms with Gasteiger partial charge >= 0.3 is 0 Å². The number of aromatic nitrogens is 2. The second-order valence-corrected chi connectivity index (χ2v) is 7.49. The molecule has 0 N–H and O–H groups in total. The number of hydrogen-bond acceptors (Lipinski definition) is 3. The number of furan rings is 1. The predicted octanol–water partition coefficient (Wildman–Crippen LogP) is 5.60. The van der Waals surface area contributed by atoms with Gasteiger partial charge in [-0.2, -0.15) is 0 Å². The van der Waals surface area contributed by atoms with Crippen molar-refractivity contribution in [2.75, 3.05) is 0 Å². The first-order valence-corrected chi connectivity index (χ1v) is 8.96. The maximum Gasteiger partial charge on any atom is 0.161 e. The van der Waals surface area contributed by atoms with Gasteiger partial charge in [0.15, 0.2) is 5.58 Å². The Morgan fingerprint density at radius 2 is 1.78 bits per heavy atom. The number of fused-ring (bicyclic) bond motifs is 5. The summed E-state index contributed by atoms with van der Waals surface area (Å²) < 4.78 is 6.21. The molecule has 3 aromatic heterocycles. The van der Waals surface area contributed by atoms with Crippen molar-refractivity contribution in [3.63, 3.8) is 0 Å². The molecule has 2 aromatic carbocycles. The molecule has 2 radical (unpaired) electrons. The molecule has 0 atom stereocenters. The van der Waals surface area contributed by atoms with Crippen molar-refractivity contribution in [3.05, 3.63) is 72.6 Å². The molecule has 5 rings (SSSR count). The molecule has 4 heteroatoms. The Morgan fingerprint density at radius 3 is 2.63 bits per heavy atom. The molecule has 0 amide bonds. The molecular formula is C23H17BN2O. The quantitative estimate of drug-likeness (QED) is 0.390. The minimum Gasteiger partial charge on any atom is -0.454 e. The van der Waals surface area contributed by atoms with Crippen LogP contribution in [0.1, 0.15) is 19.4 Å². The first-order valence-electron chi connectivity index (χ1n) is 8.96. The van der Waals surface area contributed by atoms with Crippen molar-refractivity contribution in [1.29, 1.82) is 0 Å². The number of benzene rings is 2. The van der Waals surface area contributed by atoms with Crippen molar-refractivity contribution in [1.82, 2.24) is 9.97 Å². The lowest BCUT2D eigenvalue weighted by molar-refractivity contribution is 0.672. The maximum atomic E-state index is 6.24. The molecule has 0 saturated heterocycles. The zero-order valence-electron chi connectivity index (χ0n) is 15.2. The number of pyridine rings is 2. The Hall–Kier alpha value is -3.14. The van der Waals surface area contributed by atoms with E-state index in [1.807, 2.05) is 56.4 Å². The van der Waals surface area contributed by atoms with Crippen LogP contribution in [0.15, 0.2) is 71.4 Å². The van der Waals surface area contributed by atoms with Gasteiger partial charge in [-0.05, 0) is 35.1 Å². The fourth-order valence-corrected chi connectivity index (χ4v) is 3.49. The van der Waals surface area contributed by atoms with E-state index in [1.54, 1.807) is 6.20 Å². The molecule has 27 heavy (non-hydrogen) atoms. The molecule has 0 aliphatic heterocycles. The Bertz CT molecular complexity index is 1310. The van der Waals surface area contributed by atoms with Gasteiger partial charge in [0.05, 0.1) is 13.5 Å². The highest BCUT2D eigenvalue weighted by atomic mass is 16.3. The lowest BCUT2D eigenvalue weighted by Gasteiger charge is -2.19. The van der Waals surface area contributed by atoms with Gasteiger partial charge in [-0.3, -0.25) is 9.97 Å². The molecular weight excluding hydrogens is 331 g/mol. The molecule has 0 saturated carbocycles. The summed E-state index contributed by atoms with van der Waals surface area (Å²) in [5.74, 6) is 0. The molecule has 128 valence electrons. The van der Waals surface area contributed by atoms with Crippen molar-refractivity contribution in [3.8, 4) is 11.3 Å². The van der Waals surface area contributed by atoms with E-state index in [0.29, 0.717) is 0 Å². The van der Waals surface area contributed by atoms with E-state index in [0.717, 1.165) is 49.7 Å². The van der Waals surface area contributed by atoms with Crippen LogP contribution in [0, 0.1) is 0 Å².